The fourth-order valence-corrected chi connectivity index (χ4v) is 2.62. The maximum Gasteiger partial charge on any atom is 0.230 e. The highest BCUT2D eigenvalue weighted by Crippen LogP contribution is 2.30. The number of rotatable bonds is 4. The Kier molecular flexibility index (Phi) is 4.81. The van der Waals surface area contributed by atoms with Crippen LogP contribution in [0.3, 0.4) is 0 Å². The molecule has 1 atom stereocenters. The molecule has 0 spiro atoms. The number of carbonyl (C=O) groups excluding carboxylic acids is 1. The third kappa shape index (κ3) is 3.40. The first-order valence-corrected chi connectivity index (χ1v) is 7.67. The van der Waals surface area contributed by atoms with Gasteiger partial charge in [-0.05, 0) is 56.0 Å². The lowest BCUT2D eigenvalue weighted by Gasteiger charge is -2.32. The van der Waals surface area contributed by atoms with Gasteiger partial charge < -0.3 is 10.6 Å². The average Bonchev–Trinajstić information content (AvgIpc) is 2.48. The second kappa shape index (κ2) is 6.40. The van der Waals surface area contributed by atoms with Crippen molar-refractivity contribution >= 4 is 11.6 Å². The third-order valence-corrected chi connectivity index (χ3v) is 4.61. The fraction of sp³-hybridized carbons (Fsp3) is 0.588. The molecule has 0 radical (unpaired) electrons. The summed E-state index contributed by atoms with van der Waals surface area (Å²) in [6.07, 6.45) is 2.95. The quantitative estimate of drug-likeness (QED) is 0.882. The Hall–Kier alpha value is -1.35. The predicted octanol–water partition coefficient (Wildman–Crippen LogP) is 3.53. The van der Waals surface area contributed by atoms with Gasteiger partial charge in [0.05, 0.1) is 0 Å². The molecule has 110 valence electrons. The number of piperidine rings is 1. The van der Waals surface area contributed by atoms with E-state index < -0.39 is 0 Å². The summed E-state index contributed by atoms with van der Waals surface area (Å²) >= 11 is 0. The Morgan fingerprint density at radius 3 is 2.45 bits per heavy atom. The first-order valence-electron chi connectivity index (χ1n) is 7.67. The number of benzene rings is 1. The van der Waals surface area contributed by atoms with E-state index in [2.05, 4.69) is 43.5 Å². The van der Waals surface area contributed by atoms with Crippen molar-refractivity contribution in [2.75, 3.05) is 18.4 Å². The van der Waals surface area contributed by atoms with Crippen molar-refractivity contribution in [3.63, 3.8) is 0 Å². The molecule has 0 bridgehead atoms. The van der Waals surface area contributed by atoms with Crippen molar-refractivity contribution in [3.05, 3.63) is 29.8 Å². The Balaban J connectivity index is 2.00. The third-order valence-electron chi connectivity index (χ3n) is 4.61. The molecule has 1 fully saturated rings. The lowest BCUT2D eigenvalue weighted by atomic mass is 9.80. The zero-order chi connectivity index (χ0) is 14.6. The highest BCUT2D eigenvalue weighted by molar-refractivity contribution is 5.95. The number of amides is 1. The van der Waals surface area contributed by atoms with E-state index in [9.17, 15) is 4.79 Å². The van der Waals surface area contributed by atoms with E-state index in [1.807, 2.05) is 12.1 Å². The van der Waals surface area contributed by atoms with Gasteiger partial charge in [0, 0.05) is 11.1 Å². The zero-order valence-corrected chi connectivity index (χ0v) is 12.8. The van der Waals surface area contributed by atoms with E-state index in [1.165, 1.54) is 5.56 Å². The van der Waals surface area contributed by atoms with Crippen LogP contribution in [-0.2, 0) is 4.79 Å². The van der Waals surface area contributed by atoms with Crippen LogP contribution in [0.15, 0.2) is 24.3 Å². The molecule has 3 nitrogen and oxygen atoms in total. The summed E-state index contributed by atoms with van der Waals surface area (Å²) < 4.78 is 0. The summed E-state index contributed by atoms with van der Waals surface area (Å²) in [4.78, 5) is 12.4. The Morgan fingerprint density at radius 1 is 1.30 bits per heavy atom. The lowest BCUT2D eigenvalue weighted by Crippen LogP contribution is -2.42. The second-order valence-electron chi connectivity index (χ2n) is 6.20. The first-order chi connectivity index (χ1) is 9.55. The molecule has 1 unspecified atom stereocenters. The minimum atomic E-state index is -0.235. The van der Waals surface area contributed by atoms with Gasteiger partial charge in [0.2, 0.25) is 5.91 Å². The van der Waals surface area contributed by atoms with Gasteiger partial charge in [0.25, 0.3) is 0 Å². The van der Waals surface area contributed by atoms with E-state index >= 15 is 0 Å². The highest BCUT2D eigenvalue weighted by Gasteiger charge is 2.34. The molecule has 1 saturated heterocycles. The molecule has 2 N–H and O–H groups in total. The lowest BCUT2D eigenvalue weighted by molar-refractivity contribution is -0.126. The van der Waals surface area contributed by atoms with Gasteiger partial charge in [-0.3, -0.25) is 4.79 Å². The van der Waals surface area contributed by atoms with E-state index in [0.29, 0.717) is 5.92 Å². The molecule has 1 aliphatic rings. The van der Waals surface area contributed by atoms with Gasteiger partial charge in [0.1, 0.15) is 0 Å². The number of carbonyl (C=O) groups is 1. The van der Waals surface area contributed by atoms with Crippen LogP contribution in [0.25, 0.3) is 0 Å². The van der Waals surface area contributed by atoms with Crippen LogP contribution in [-0.4, -0.2) is 19.0 Å². The Bertz CT molecular complexity index is 447. The van der Waals surface area contributed by atoms with Crippen molar-refractivity contribution in [2.45, 2.75) is 46.0 Å². The number of hydrogen-bond acceptors (Lipinski definition) is 2. The Morgan fingerprint density at radius 2 is 1.90 bits per heavy atom. The van der Waals surface area contributed by atoms with E-state index in [-0.39, 0.29) is 11.3 Å². The minimum Gasteiger partial charge on any atom is -0.326 e. The summed E-state index contributed by atoms with van der Waals surface area (Å²) in [6, 6.07) is 8.27. The summed E-state index contributed by atoms with van der Waals surface area (Å²) in [6.45, 7) is 8.34. The number of hydrogen-bond donors (Lipinski definition) is 2. The molecule has 0 aliphatic carbocycles. The highest BCUT2D eigenvalue weighted by atomic mass is 16.2. The van der Waals surface area contributed by atoms with Gasteiger partial charge >= 0.3 is 0 Å². The molecule has 0 aromatic heterocycles. The molecular formula is C17H26N2O. The fourth-order valence-electron chi connectivity index (χ4n) is 2.62. The minimum absolute atomic E-state index is 0.148. The van der Waals surface area contributed by atoms with Gasteiger partial charge in [0.15, 0.2) is 0 Å². The van der Waals surface area contributed by atoms with Crippen LogP contribution in [0.2, 0.25) is 0 Å². The van der Waals surface area contributed by atoms with Crippen molar-refractivity contribution in [3.8, 4) is 0 Å². The predicted molar refractivity (Wildman–Crippen MR) is 84.0 cm³/mol. The normalized spacial score (nSPS) is 19.4. The molecular weight excluding hydrogens is 248 g/mol. The maximum atomic E-state index is 12.4. The molecule has 1 heterocycles. The SMILES string of the molecule is CCC(C)c1ccc(NC(=O)C2(C)CCNCC2)cc1. The van der Waals surface area contributed by atoms with Gasteiger partial charge in [-0.15, -0.1) is 0 Å². The molecule has 1 aromatic rings. The number of anilines is 1. The largest absolute Gasteiger partial charge is 0.326 e. The molecule has 2 rings (SSSR count). The van der Waals surface area contributed by atoms with Crippen LogP contribution in [0.5, 0.6) is 0 Å². The van der Waals surface area contributed by atoms with Crippen molar-refractivity contribution < 1.29 is 4.79 Å². The summed E-state index contributed by atoms with van der Waals surface area (Å²) in [5.74, 6) is 0.719. The van der Waals surface area contributed by atoms with Gasteiger partial charge in [-0.2, -0.15) is 0 Å². The molecule has 0 saturated carbocycles. The maximum absolute atomic E-state index is 12.4. The van der Waals surface area contributed by atoms with Crippen molar-refractivity contribution in [1.82, 2.24) is 5.32 Å². The van der Waals surface area contributed by atoms with E-state index in [0.717, 1.165) is 38.0 Å². The molecule has 1 aromatic carbocycles. The first kappa shape index (κ1) is 15.0. The summed E-state index contributed by atoms with van der Waals surface area (Å²) in [5.41, 5.74) is 2.00. The van der Waals surface area contributed by atoms with Crippen LogP contribution in [0.4, 0.5) is 5.69 Å². The monoisotopic (exact) mass is 274 g/mol. The second-order valence-corrected chi connectivity index (χ2v) is 6.20. The van der Waals surface area contributed by atoms with Gasteiger partial charge in [-0.1, -0.05) is 32.9 Å². The number of nitrogens with one attached hydrogen (secondary N) is 2. The topological polar surface area (TPSA) is 41.1 Å². The zero-order valence-electron chi connectivity index (χ0n) is 12.8. The molecule has 20 heavy (non-hydrogen) atoms. The Labute approximate surface area is 122 Å². The van der Waals surface area contributed by atoms with Gasteiger partial charge in [-0.25, -0.2) is 0 Å². The molecule has 1 aliphatic heterocycles. The average molecular weight is 274 g/mol. The van der Waals surface area contributed by atoms with Crippen LogP contribution >= 0.6 is 0 Å². The van der Waals surface area contributed by atoms with Crippen LogP contribution < -0.4 is 10.6 Å². The smallest absolute Gasteiger partial charge is 0.230 e. The summed E-state index contributed by atoms with van der Waals surface area (Å²) in [7, 11) is 0. The molecule has 3 heteroatoms. The standard InChI is InChI=1S/C17H26N2O/c1-4-13(2)14-5-7-15(8-6-14)19-16(20)17(3)9-11-18-12-10-17/h5-8,13,18H,4,9-12H2,1-3H3,(H,19,20). The van der Waals surface area contributed by atoms with Crippen molar-refractivity contribution in [2.24, 2.45) is 5.41 Å². The van der Waals surface area contributed by atoms with Crippen LogP contribution in [0.1, 0.15) is 51.5 Å². The van der Waals surface area contributed by atoms with E-state index in [1.54, 1.807) is 0 Å². The van der Waals surface area contributed by atoms with Crippen molar-refractivity contribution in [1.29, 1.82) is 0 Å². The molecule has 1 amide bonds. The summed E-state index contributed by atoms with van der Waals surface area (Å²) in [5, 5.41) is 6.37. The van der Waals surface area contributed by atoms with Crippen LogP contribution in [0, 0.1) is 5.41 Å². The van der Waals surface area contributed by atoms with E-state index in [4.69, 9.17) is 0 Å².